The summed E-state index contributed by atoms with van der Waals surface area (Å²) in [5.41, 5.74) is 1.32. The number of nitrogens with zero attached hydrogens (tertiary/aromatic N) is 2. The zero-order chi connectivity index (χ0) is 16.6. The normalized spacial score (nSPS) is 10.5. The van der Waals surface area contributed by atoms with Gasteiger partial charge in [0.25, 0.3) is 0 Å². The van der Waals surface area contributed by atoms with Gasteiger partial charge in [-0.2, -0.15) is 5.26 Å². The van der Waals surface area contributed by atoms with Crippen LogP contribution in [0, 0.1) is 18.3 Å². The van der Waals surface area contributed by atoms with Gasteiger partial charge in [0.1, 0.15) is 23.1 Å². The Balaban J connectivity index is 2.01. The molecule has 0 radical (unpaired) electrons. The average molecular weight is 327 g/mol. The summed E-state index contributed by atoms with van der Waals surface area (Å²) in [7, 11) is 1.61. The molecule has 116 valence electrons. The highest BCUT2D eigenvalue weighted by atomic mass is 32.1. The summed E-state index contributed by atoms with van der Waals surface area (Å²) in [5, 5.41) is 12.9. The molecule has 3 rings (SSSR count). The van der Waals surface area contributed by atoms with E-state index in [2.05, 4.69) is 10.3 Å². The number of ether oxygens (including phenoxy) is 1. The van der Waals surface area contributed by atoms with Gasteiger partial charge < -0.3 is 14.5 Å². The number of ketones is 1. The summed E-state index contributed by atoms with van der Waals surface area (Å²) in [6.45, 7) is 3.07. The topological polar surface area (TPSA) is 88.2 Å². The molecule has 6 nitrogen and oxygen atoms in total. The minimum Gasteiger partial charge on any atom is -0.497 e. The summed E-state index contributed by atoms with van der Waals surface area (Å²) in [6, 6.07) is 7.59. The number of aromatic nitrogens is 1. The van der Waals surface area contributed by atoms with Crippen LogP contribution < -0.4 is 10.1 Å². The van der Waals surface area contributed by atoms with Crippen molar-refractivity contribution in [3.8, 4) is 11.8 Å². The molecule has 2 aromatic heterocycles. The summed E-state index contributed by atoms with van der Waals surface area (Å²) in [6.07, 6.45) is 0. The number of benzene rings is 1. The first kappa shape index (κ1) is 15.1. The van der Waals surface area contributed by atoms with E-state index in [1.54, 1.807) is 14.0 Å². The van der Waals surface area contributed by atoms with Crippen molar-refractivity contribution < 1.29 is 13.9 Å². The SMILES string of the molecule is COc1ccc2nc(Nc3oc(C)c(C(C)=O)c3C#N)sc2c1. The van der Waals surface area contributed by atoms with Crippen LogP contribution in [0.15, 0.2) is 22.6 Å². The monoisotopic (exact) mass is 327 g/mol. The van der Waals surface area contributed by atoms with Crippen molar-refractivity contribution in [2.45, 2.75) is 13.8 Å². The molecule has 0 amide bonds. The van der Waals surface area contributed by atoms with Crippen LogP contribution >= 0.6 is 11.3 Å². The Morgan fingerprint density at radius 2 is 2.26 bits per heavy atom. The van der Waals surface area contributed by atoms with Gasteiger partial charge in [0.2, 0.25) is 5.88 Å². The molecule has 7 heteroatoms. The first-order chi connectivity index (χ1) is 11.0. The van der Waals surface area contributed by atoms with Crippen molar-refractivity contribution in [3.05, 3.63) is 35.1 Å². The Labute approximate surface area is 136 Å². The van der Waals surface area contributed by atoms with E-state index in [-0.39, 0.29) is 17.2 Å². The fourth-order valence-corrected chi connectivity index (χ4v) is 3.24. The van der Waals surface area contributed by atoms with Gasteiger partial charge in [-0.25, -0.2) is 4.98 Å². The van der Waals surface area contributed by atoms with Crippen LogP contribution in [0.3, 0.4) is 0 Å². The number of carbonyl (C=O) groups is 1. The Morgan fingerprint density at radius 3 is 2.91 bits per heavy atom. The average Bonchev–Trinajstić information content (AvgIpc) is 3.06. The highest BCUT2D eigenvalue weighted by Gasteiger charge is 2.21. The lowest BCUT2D eigenvalue weighted by molar-refractivity contribution is 0.101. The number of hydrogen-bond acceptors (Lipinski definition) is 7. The number of hydrogen-bond donors (Lipinski definition) is 1. The molecule has 0 saturated heterocycles. The minimum atomic E-state index is -0.204. The number of Topliss-reactive ketones (excluding diaryl/α,β-unsaturated/α-hetero) is 1. The van der Waals surface area contributed by atoms with Crippen LogP contribution in [0.4, 0.5) is 11.0 Å². The van der Waals surface area contributed by atoms with Crippen LogP contribution in [0.25, 0.3) is 10.2 Å². The number of fused-ring (bicyclic) bond motifs is 1. The Kier molecular flexibility index (Phi) is 3.76. The van der Waals surface area contributed by atoms with Crippen LogP contribution in [-0.4, -0.2) is 17.9 Å². The van der Waals surface area contributed by atoms with Gasteiger partial charge in [0.15, 0.2) is 10.9 Å². The molecule has 1 N–H and O–H groups in total. The number of nitrogens with one attached hydrogen (secondary N) is 1. The number of aryl methyl sites for hydroxylation is 1. The molecule has 0 bridgehead atoms. The van der Waals surface area contributed by atoms with Crippen molar-refractivity contribution in [3.63, 3.8) is 0 Å². The second-order valence-electron chi connectivity index (χ2n) is 4.88. The summed E-state index contributed by atoms with van der Waals surface area (Å²) >= 11 is 1.41. The molecule has 0 aliphatic rings. The summed E-state index contributed by atoms with van der Waals surface area (Å²) in [4.78, 5) is 16.1. The second-order valence-corrected chi connectivity index (χ2v) is 5.91. The van der Waals surface area contributed by atoms with E-state index >= 15 is 0 Å². The fraction of sp³-hybridized carbons (Fsp3) is 0.188. The van der Waals surface area contributed by atoms with Crippen molar-refractivity contribution >= 4 is 38.4 Å². The highest BCUT2D eigenvalue weighted by Crippen LogP contribution is 2.34. The molecule has 23 heavy (non-hydrogen) atoms. The number of thiazole rings is 1. The predicted molar refractivity (Wildman–Crippen MR) is 87.6 cm³/mol. The number of rotatable bonds is 4. The highest BCUT2D eigenvalue weighted by molar-refractivity contribution is 7.22. The number of anilines is 2. The molecular weight excluding hydrogens is 314 g/mol. The Hall–Kier alpha value is -2.85. The van der Waals surface area contributed by atoms with Gasteiger partial charge in [-0.15, -0.1) is 0 Å². The molecule has 3 aromatic rings. The molecule has 0 aliphatic carbocycles. The number of carbonyl (C=O) groups excluding carboxylic acids is 1. The molecule has 0 atom stereocenters. The van der Waals surface area contributed by atoms with E-state index in [0.29, 0.717) is 16.5 Å². The van der Waals surface area contributed by atoms with Crippen molar-refractivity contribution in [1.82, 2.24) is 4.98 Å². The summed E-state index contributed by atoms with van der Waals surface area (Å²) < 4.78 is 11.7. The van der Waals surface area contributed by atoms with E-state index in [1.807, 2.05) is 24.3 Å². The number of nitriles is 1. The number of methoxy groups -OCH3 is 1. The smallest absolute Gasteiger partial charge is 0.217 e. The first-order valence-corrected chi connectivity index (χ1v) is 7.61. The third-order valence-corrected chi connectivity index (χ3v) is 4.30. The van der Waals surface area contributed by atoms with Gasteiger partial charge >= 0.3 is 0 Å². The molecule has 0 aliphatic heterocycles. The zero-order valence-electron chi connectivity index (χ0n) is 12.8. The van der Waals surface area contributed by atoms with E-state index in [0.717, 1.165) is 16.0 Å². The van der Waals surface area contributed by atoms with Gasteiger partial charge in [-0.1, -0.05) is 11.3 Å². The zero-order valence-corrected chi connectivity index (χ0v) is 13.6. The third kappa shape index (κ3) is 2.64. The molecule has 0 saturated carbocycles. The minimum absolute atomic E-state index is 0.201. The van der Waals surface area contributed by atoms with Gasteiger partial charge in [0, 0.05) is 0 Å². The maximum Gasteiger partial charge on any atom is 0.217 e. The number of furan rings is 1. The van der Waals surface area contributed by atoms with E-state index < -0.39 is 0 Å². The largest absolute Gasteiger partial charge is 0.497 e. The molecule has 1 aromatic carbocycles. The maximum absolute atomic E-state index is 11.7. The lowest BCUT2D eigenvalue weighted by Crippen LogP contribution is -1.96. The third-order valence-electron chi connectivity index (χ3n) is 3.36. The first-order valence-electron chi connectivity index (χ1n) is 6.79. The van der Waals surface area contributed by atoms with Gasteiger partial charge in [-0.3, -0.25) is 4.79 Å². The second kappa shape index (κ2) is 5.74. The van der Waals surface area contributed by atoms with E-state index in [4.69, 9.17) is 9.15 Å². The van der Waals surface area contributed by atoms with Crippen molar-refractivity contribution in [1.29, 1.82) is 5.26 Å². The molecule has 0 spiro atoms. The maximum atomic E-state index is 11.7. The molecule has 0 unspecified atom stereocenters. The lowest BCUT2D eigenvalue weighted by atomic mass is 10.1. The molecular formula is C16H13N3O3S. The van der Waals surface area contributed by atoms with Crippen LogP contribution in [0.5, 0.6) is 5.75 Å². The van der Waals surface area contributed by atoms with Crippen LogP contribution in [-0.2, 0) is 0 Å². The van der Waals surface area contributed by atoms with Crippen molar-refractivity contribution in [2.24, 2.45) is 0 Å². The molecule has 2 heterocycles. The standard InChI is InChI=1S/C16H13N3O3S/c1-8(20)14-9(2)22-15(11(14)7-17)19-16-18-12-5-4-10(21-3)6-13(12)23-16/h4-6H,1-3H3,(H,18,19). The van der Waals surface area contributed by atoms with Gasteiger partial charge in [-0.05, 0) is 32.0 Å². The molecule has 0 fully saturated rings. The lowest BCUT2D eigenvalue weighted by Gasteiger charge is -1.97. The Morgan fingerprint density at radius 1 is 1.48 bits per heavy atom. The fourth-order valence-electron chi connectivity index (χ4n) is 2.35. The van der Waals surface area contributed by atoms with Crippen LogP contribution in [0.1, 0.15) is 28.6 Å². The van der Waals surface area contributed by atoms with Crippen molar-refractivity contribution in [2.75, 3.05) is 12.4 Å². The van der Waals surface area contributed by atoms with Crippen LogP contribution in [0.2, 0.25) is 0 Å². The Bertz CT molecular complexity index is 950. The quantitative estimate of drug-likeness (QED) is 0.728. The van der Waals surface area contributed by atoms with E-state index in [9.17, 15) is 10.1 Å². The van der Waals surface area contributed by atoms with Gasteiger partial charge in [0.05, 0.1) is 22.9 Å². The van der Waals surface area contributed by atoms with E-state index in [1.165, 1.54) is 18.3 Å². The predicted octanol–water partition coefficient (Wildman–Crippen LogP) is 4.02. The summed E-state index contributed by atoms with van der Waals surface area (Å²) in [5.74, 6) is 1.20.